The summed E-state index contributed by atoms with van der Waals surface area (Å²) in [4.78, 5) is 24.9. The smallest absolute Gasteiger partial charge is 0.252 e. The zero-order chi connectivity index (χ0) is 17.9. The van der Waals surface area contributed by atoms with Crippen LogP contribution in [0.25, 0.3) is 0 Å². The number of rotatable bonds is 9. The van der Waals surface area contributed by atoms with Gasteiger partial charge in [-0.1, -0.05) is 41.9 Å². The highest BCUT2D eigenvalue weighted by atomic mass is 35.5. The molecule has 0 unspecified atom stereocenters. The highest BCUT2D eigenvalue weighted by molar-refractivity contribution is 7.99. The topological polar surface area (TPSA) is 58.2 Å². The number of hydrogen-bond acceptors (Lipinski definition) is 3. The molecule has 0 aromatic heterocycles. The van der Waals surface area contributed by atoms with Gasteiger partial charge in [-0.25, -0.2) is 0 Å². The van der Waals surface area contributed by atoms with E-state index in [0.717, 1.165) is 12.2 Å². The average molecular weight is 377 g/mol. The van der Waals surface area contributed by atoms with Crippen molar-refractivity contribution in [3.05, 3.63) is 65.2 Å². The first-order valence-electron chi connectivity index (χ1n) is 8.14. The number of amides is 2. The molecular formula is C19H21ClN2O2S. The number of benzene rings is 2. The molecular weight excluding hydrogens is 356 g/mol. The maximum Gasteiger partial charge on any atom is 0.252 e. The zero-order valence-corrected chi connectivity index (χ0v) is 15.4. The summed E-state index contributed by atoms with van der Waals surface area (Å²) in [6, 6.07) is 17.0. The minimum absolute atomic E-state index is 0.0656. The Hall–Kier alpha value is -1.98. The van der Waals surface area contributed by atoms with Gasteiger partial charge in [-0.2, -0.15) is 0 Å². The van der Waals surface area contributed by atoms with Crippen LogP contribution in [0.3, 0.4) is 0 Å². The predicted octanol–water partition coefficient (Wildman–Crippen LogP) is 3.76. The zero-order valence-electron chi connectivity index (χ0n) is 13.8. The van der Waals surface area contributed by atoms with Crippen molar-refractivity contribution in [1.82, 2.24) is 10.6 Å². The summed E-state index contributed by atoms with van der Waals surface area (Å²) in [5, 5.41) is 5.97. The summed E-state index contributed by atoms with van der Waals surface area (Å²) in [6.45, 7) is 0.922. The number of halogens is 1. The van der Waals surface area contributed by atoms with Gasteiger partial charge in [-0.05, 0) is 36.4 Å². The maximum absolute atomic E-state index is 12.0. The van der Waals surface area contributed by atoms with Gasteiger partial charge in [0.2, 0.25) is 5.91 Å². The predicted molar refractivity (Wildman–Crippen MR) is 103 cm³/mol. The van der Waals surface area contributed by atoms with Crippen LogP contribution < -0.4 is 10.6 Å². The lowest BCUT2D eigenvalue weighted by atomic mass is 10.2. The quantitative estimate of drug-likeness (QED) is 0.517. The molecule has 0 saturated heterocycles. The molecule has 0 aliphatic rings. The Labute approximate surface area is 157 Å². The summed E-state index contributed by atoms with van der Waals surface area (Å²) in [5.74, 6) is 0.620. The second-order valence-electron chi connectivity index (χ2n) is 5.35. The van der Waals surface area contributed by atoms with Gasteiger partial charge in [0, 0.05) is 24.4 Å². The molecule has 2 amide bonds. The number of nitrogens with one attached hydrogen (secondary N) is 2. The molecule has 0 saturated carbocycles. The van der Waals surface area contributed by atoms with Crippen molar-refractivity contribution in [2.75, 3.05) is 18.8 Å². The van der Waals surface area contributed by atoms with Gasteiger partial charge >= 0.3 is 0 Å². The Bertz CT molecular complexity index is 695. The Kier molecular flexibility index (Phi) is 8.35. The van der Waals surface area contributed by atoms with E-state index in [1.807, 2.05) is 18.2 Å². The second-order valence-corrected chi connectivity index (χ2v) is 6.93. The van der Waals surface area contributed by atoms with Crippen molar-refractivity contribution >= 4 is 35.2 Å². The summed E-state index contributed by atoms with van der Waals surface area (Å²) in [5.41, 5.74) is 0.419. The van der Waals surface area contributed by atoms with E-state index >= 15 is 0 Å². The highest BCUT2D eigenvalue weighted by Crippen LogP contribution is 2.17. The highest BCUT2D eigenvalue weighted by Gasteiger charge is 2.09. The first-order valence-corrected chi connectivity index (χ1v) is 9.50. The van der Waals surface area contributed by atoms with Gasteiger partial charge in [0.1, 0.15) is 0 Å². The van der Waals surface area contributed by atoms with Gasteiger partial charge in [0.25, 0.3) is 5.91 Å². The SMILES string of the molecule is O=C(CCNC(=O)c1ccccc1Cl)NCCCSc1ccccc1. The van der Waals surface area contributed by atoms with Crippen LogP contribution in [0.1, 0.15) is 23.2 Å². The largest absolute Gasteiger partial charge is 0.356 e. The molecule has 2 aromatic rings. The van der Waals surface area contributed by atoms with Gasteiger partial charge < -0.3 is 10.6 Å². The molecule has 0 radical (unpaired) electrons. The monoisotopic (exact) mass is 376 g/mol. The van der Waals surface area contributed by atoms with Crippen LogP contribution in [0, 0.1) is 0 Å². The van der Waals surface area contributed by atoms with Gasteiger partial charge in [0.15, 0.2) is 0 Å². The Morgan fingerprint density at radius 3 is 2.40 bits per heavy atom. The Morgan fingerprint density at radius 1 is 0.920 bits per heavy atom. The van der Waals surface area contributed by atoms with E-state index in [-0.39, 0.29) is 24.8 Å². The third kappa shape index (κ3) is 7.20. The molecule has 0 spiro atoms. The van der Waals surface area contributed by atoms with E-state index in [4.69, 9.17) is 11.6 Å². The summed E-state index contributed by atoms with van der Waals surface area (Å²) in [7, 11) is 0. The fourth-order valence-electron chi connectivity index (χ4n) is 2.13. The van der Waals surface area contributed by atoms with E-state index in [1.54, 1.807) is 36.0 Å². The average Bonchev–Trinajstić information content (AvgIpc) is 2.62. The van der Waals surface area contributed by atoms with Gasteiger partial charge in [-0.15, -0.1) is 11.8 Å². The molecule has 2 rings (SSSR count). The van der Waals surface area contributed by atoms with Gasteiger partial charge in [0.05, 0.1) is 10.6 Å². The van der Waals surface area contributed by atoms with Crippen LogP contribution >= 0.6 is 23.4 Å². The lowest BCUT2D eigenvalue weighted by Crippen LogP contribution is -2.31. The third-order valence-corrected chi connectivity index (χ3v) is 4.84. The number of thioether (sulfide) groups is 1. The van der Waals surface area contributed by atoms with Gasteiger partial charge in [-0.3, -0.25) is 9.59 Å². The van der Waals surface area contributed by atoms with Crippen LogP contribution in [0.15, 0.2) is 59.5 Å². The molecule has 0 aliphatic heterocycles. The summed E-state index contributed by atoms with van der Waals surface area (Å²) in [6.07, 6.45) is 1.15. The molecule has 6 heteroatoms. The minimum atomic E-state index is -0.266. The molecule has 0 aliphatic carbocycles. The fraction of sp³-hybridized carbons (Fsp3) is 0.263. The number of carbonyl (C=O) groups is 2. The molecule has 2 N–H and O–H groups in total. The lowest BCUT2D eigenvalue weighted by Gasteiger charge is -2.07. The first kappa shape index (κ1) is 19.3. The van der Waals surface area contributed by atoms with E-state index in [9.17, 15) is 9.59 Å². The Balaban J connectivity index is 1.55. The molecule has 0 bridgehead atoms. The van der Waals surface area contributed by atoms with Crippen molar-refractivity contribution in [2.45, 2.75) is 17.7 Å². The van der Waals surface area contributed by atoms with E-state index in [1.165, 1.54) is 4.90 Å². The number of carbonyl (C=O) groups excluding carboxylic acids is 2. The van der Waals surface area contributed by atoms with Crippen molar-refractivity contribution < 1.29 is 9.59 Å². The van der Waals surface area contributed by atoms with Crippen molar-refractivity contribution in [3.8, 4) is 0 Å². The molecule has 0 atom stereocenters. The third-order valence-electron chi connectivity index (χ3n) is 3.41. The minimum Gasteiger partial charge on any atom is -0.356 e. The van der Waals surface area contributed by atoms with Crippen LogP contribution in [-0.2, 0) is 4.79 Å². The lowest BCUT2D eigenvalue weighted by molar-refractivity contribution is -0.120. The molecule has 132 valence electrons. The van der Waals surface area contributed by atoms with Crippen LogP contribution in [-0.4, -0.2) is 30.7 Å². The van der Waals surface area contributed by atoms with Crippen molar-refractivity contribution in [2.24, 2.45) is 0 Å². The van der Waals surface area contributed by atoms with E-state index < -0.39 is 0 Å². The second kappa shape index (κ2) is 10.8. The van der Waals surface area contributed by atoms with E-state index in [0.29, 0.717) is 17.1 Å². The maximum atomic E-state index is 12.0. The Morgan fingerprint density at radius 2 is 1.64 bits per heavy atom. The van der Waals surface area contributed by atoms with Crippen molar-refractivity contribution in [1.29, 1.82) is 0 Å². The molecule has 0 heterocycles. The first-order chi connectivity index (χ1) is 12.2. The summed E-state index contributed by atoms with van der Waals surface area (Å²) < 4.78 is 0. The molecule has 0 fully saturated rings. The molecule has 4 nitrogen and oxygen atoms in total. The van der Waals surface area contributed by atoms with Crippen molar-refractivity contribution in [3.63, 3.8) is 0 Å². The molecule has 2 aromatic carbocycles. The van der Waals surface area contributed by atoms with E-state index in [2.05, 4.69) is 22.8 Å². The normalized spacial score (nSPS) is 10.3. The van der Waals surface area contributed by atoms with Crippen LogP contribution in [0.5, 0.6) is 0 Å². The standard InChI is InChI=1S/C19H21ClN2O2S/c20-17-10-5-4-9-16(17)19(24)22-13-11-18(23)21-12-6-14-25-15-7-2-1-3-8-15/h1-5,7-10H,6,11-14H2,(H,21,23)(H,22,24). The molecule has 25 heavy (non-hydrogen) atoms. The fourth-order valence-corrected chi connectivity index (χ4v) is 3.22. The van der Waals surface area contributed by atoms with Crippen LogP contribution in [0.2, 0.25) is 5.02 Å². The summed E-state index contributed by atoms with van der Waals surface area (Å²) >= 11 is 7.73. The number of hydrogen-bond donors (Lipinski definition) is 2. The van der Waals surface area contributed by atoms with Crippen LogP contribution in [0.4, 0.5) is 0 Å².